The van der Waals surface area contributed by atoms with Crippen LogP contribution in [-0.2, 0) is 4.74 Å². The number of piperidine rings is 1. The molecule has 2 heterocycles. The molecule has 57 valence electrons. The van der Waals surface area contributed by atoms with Gasteiger partial charge < -0.3 is 4.74 Å². The highest BCUT2D eigenvalue weighted by molar-refractivity contribution is 4.87. The molecule has 2 heteroatoms. The van der Waals surface area contributed by atoms with Crippen LogP contribution in [-0.4, -0.2) is 26.3 Å². The molecular formula is C8H14NO. The zero-order chi connectivity index (χ0) is 6.86. The van der Waals surface area contributed by atoms with Crippen molar-refractivity contribution >= 4 is 0 Å². The first-order valence-electron chi connectivity index (χ1n) is 4.12. The van der Waals surface area contributed by atoms with E-state index >= 15 is 0 Å². The molecule has 2 fully saturated rings. The summed E-state index contributed by atoms with van der Waals surface area (Å²) in [6.07, 6.45) is 3.82. The molecule has 0 saturated carbocycles. The van der Waals surface area contributed by atoms with Crippen LogP contribution in [0, 0.1) is 5.41 Å². The largest absolute Gasteiger partial charge is 0.381 e. The van der Waals surface area contributed by atoms with E-state index in [1.165, 1.54) is 19.3 Å². The molecule has 2 nitrogen and oxygen atoms in total. The molecule has 0 aromatic rings. The fraction of sp³-hybridized carbons (Fsp3) is 1.00. The number of hydrogen-bond acceptors (Lipinski definition) is 1. The lowest BCUT2D eigenvalue weighted by atomic mass is 9.79. The van der Waals surface area contributed by atoms with Crippen molar-refractivity contribution in [3.8, 4) is 0 Å². The highest BCUT2D eigenvalue weighted by atomic mass is 16.5. The monoisotopic (exact) mass is 140 g/mol. The van der Waals surface area contributed by atoms with E-state index in [2.05, 4.69) is 5.32 Å². The number of ether oxygens (including phenoxy) is 1. The van der Waals surface area contributed by atoms with Gasteiger partial charge in [-0.25, -0.2) is 5.32 Å². The van der Waals surface area contributed by atoms with Crippen LogP contribution in [0.2, 0.25) is 0 Å². The maximum absolute atomic E-state index is 5.40. The highest BCUT2D eigenvalue weighted by Gasteiger charge is 2.35. The van der Waals surface area contributed by atoms with Crippen molar-refractivity contribution in [3.05, 3.63) is 0 Å². The summed E-state index contributed by atoms with van der Waals surface area (Å²) in [5, 5.41) is 4.34. The van der Waals surface area contributed by atoms with Crippen LogP contribution >= 0.6 is 0 Å². The van der Waals surface area contributed by atoms with Gasteiger partial charge in [0.25, 0.3) is 0 Å². The summed E-state index contributed by atoms with van der Waals surface area (Å²) in [7, 11) is 0. The predicted octanol–water partition coefficient (Wildman–Crippen LogP) is 0.791. The number of hydrogen-bond donors (Lipinski definition) is 0. The minimum atomic E-state index is 0.557. The Kier molecular flexibility index (Phi) is 1.66. The van der Waals surface area contributed by atoms with Crippen molar-refractivity contribution in [2.45, 2.75) is 19.3 Å². The van der Waals surface area contributed by atoms with Gasteiger partial charge >= 0.3 is 0 Å². The predicted molar refractivity (Wildman–Crippen MR) is 39.0 cm³/mol. The van der Waals surface area contributed by atoms with Gasteiger partial charge in [0.2, 0.25) is 0 Å². The molecule has 1 spiro atoms. The van der Waals surface area contributed by atoms with Crippen molar-refractivity contribution in [3.63, 3.8) is 0 Å². The summed E-state index contributed by atoms with van der Waals surface area (Å²) in [6.45, 7) is 4.13. The molecule has 0 amide bonds. The molecule has 0 atom stereocenters. The summed E-state index contributed by atoms with van der Waals surface area (Å²) in [4.78, 5) is 0. The first-order valence-corrected chi connectivity index (χ1v) is 4.12. The van der Waals surface area contributed by atoms with Crippen molar-refractivity contribution < 1.29 is 4.74 Å². The second kappa shape index (κ2) is 2.51. The molecule has 2 saturated heterocycles. The van der Waals surface area contributed by atoms with Crippen LogP contribution in [0.4, 0.5) is 0 Å². The molecule has 0 aromatic heterocycles. The van der Waals surface area contributed by atoms with E-state index in [1.54, 1.807) is 0 Å². The molecule has 0 bridgehead atoms. The SMILES string of the molecule is C1CC2(CC[N]1)CCOC2. The van der Waals surface area contributed by atoms with Gasteiger partial charge in [0.1, 0.15) is 0 Å². The van der Waals surface area contributed by atoms with Crippen LogP contribution in [0.3, 0.4) is 0 Å². The second-order valence-electron chi connectivity index (χ2n) is 3.47. The molecular weight excluding hydrogens is 126 g/mol. The number of nitrogens with zero attached hydrogens (tertiary/aromatic N) is 1. The van der Waals surface area contributed by atoms with Crippen LogP contribution in [0.5, 0.6) is 0 Å². The Hall–Kier alpha value is -0.0800. The quantitative estimate of drug-likeness (QED) is 0.488. The molecule has 0 aromatic carbocycles. The van der Waals surface area contributed by atoms with Crippen LogP contribution in [0.15, 0.2) is 0 Å². The van der Waals surface area contributed by atoms with E-state index in [9.17, 15) is 0 Å². The Balaban J connectivity index is 1.98. The topological polar surface area (TPSA) is 23.3 Å². The van der Waals surface area contributed by atoms with E-state index in [1.807, 2.05) is 0 Å². The zero-order valence-corrected chi connectivity index (χ0v) is 6.31. The van der Waals surface area contributed by atoms with Crippen LogP contribution < -0.4 is 5.32 Å². The fourth-order valence-corrected chi connectivity index (χ4v) is 1.91. The van der Waals surface area contributed by atoms with Crippen molar-refractivity contribution in [1.82, 2.24) is 5.32 Å². The van der Waals surface area contributed by atoms with Gasteiger partial charge in [-0.05, 0) is 24.7 Å². The standard InChI is InChI=1S/C8H14NO/c1-4-9-5-2-8(1)3-6-10-7-8/h1-7H2. The molecule has 2 aliphatic rings. The Morgan fingerprint density at radius 3 is 2.50 bits per heavy atom. The molecule has 2 rings (SSSR count). The Morgan fingerprint density at radius 2 is 1.90 bits per heavy atom. The van der Waals surface area contributed by atoms with Gasteiger partial charge in [-0.15, -0.1) is 0 Å². The highest BCUT2D eigenvalue weighted by Crippen LogP contribution is 2.37. The Bertz CT molecular complexity index is 110. The lowest BCUT2D eigenvalue weighted by molar-refractivity contribution is 0.127. The van der Waals surface area contributed by atoms with Gasteiger partial charge in [0.05, 0.1) is 6.61 Å². The Morgan fingerprint density at radius 1 is 1.10 bits per heavy atom. The van der Waals surface area contributed by atoms with Crippen LogP contribution in [0.1, 0.15) is 19.3 Å². The van der Waals surface area contributed by atoms with Gasteiger partial charge in [-0.2, -0.15) is 0 Å². The summed E-state index contributed by atoms with van der Waals surface area (Å²) in [6, 6.07) is 0. The minimum absolute atomic E-state index is 0.557. The van der Waals surface area contributed by atoms with E-state index < -0.39 is 0 Å². The van der Waals surface area contributed by atoms with E-state index in [0.29, 0.717) is 5.41 Å². The van der Waals surface area contributed by atoms with E-state index in [4.69, 9.17) is 4.74 Å². The van der Waals surface area contributed by atoms with Gasteiger partial charge in [0.15, 0.2) is 0 Å². The smallest absolute Gasteiger partial charge is 0.0524 e. The molecule has 0 aliphatic carbocycles. The maximum atomic E-state index is 5.40. The first kappa shape index (κ1) is 6.62. The number of rotatable bonds is 0. The Labute approximate surface area is 61.9 Å². The molecule has 10 heavy (non-hydrogen) atoms. The van der Waals surface area contributed by atoms with Gasteiger partial charge in [0, 0.05) is 19.7 Å². The lowest BCUT2D eigenvalue weighted by Gasteiger charge is -2.30. The lowest BCUT2D eigenvalue weighted by Crippen LogP contribution is -2.33. The molecule has 0 unspecified atom stereocenters. The summed E-state index contributed by atoms with van der Waals surface area (Å²) < 4.78 is 5.40. The second-order valence-corrected chi connectivity index (χ2v) is 3.47. The molecule has 0 N–H and O–H groups in total. The van der Waals surface area contributed by atoms with Crippen molar-refractivity contribution in [2.24, 2.45) is 5.41 Å². The molecule has 2 aliphatic heterocycles. The summed E-state index contributed by atoms with van der Waals surface area (Å²) in [5.74, 6) is 0. The summed E-state index contributed by atoms with van der Waals surface area (Å²) >= 11 is 0. The third-order valence-electron chi connectivity index (χ3n) is 2.79. The van der Waals surface area contributed by atoms with E-state index in [-0.39, 0.29) is 0 Å². The fourth-order valence-electron chi connectivity index (χ4n) is 1.91. The first-order chi connectivity index (χ1) is 4.91. The average Bonchev–Trinajstić information content (AvgIpc) is 2.39. The van der Waals surface area contributed by atoms with Gasteiger partial charge in [-0.1, -0.05) is 0 Å². The van der Waals surface area contributed by atoms with E-state index in [0.717, 1.165) is 26.3 Å². The third-order valence-corrected chi connectivity index (χ3v) is 2.79. The summed E-state index contributed by atoms with van der Waals surface area (Å²) in [5.41, 5.74) is 0.557. The normalized spacial score (nSPS) is 31.2. The van der Waals surface area contributed by atoms with Gasteiger partial charge in [-0.3, -0.25) is 0 Å². The third kappa shape index (κ3) is 1.06. The van der Waals surface area contributed by atoms with Crippen molar-refractivity contribution in [1.29, 1.82) is 0 Å². The zero-order valence-electron chi connectivity index (χ0n) is 6.31. The average molecular weight is 140 g/mol. The maximum Gasteiger partial charge on any atom is 0.0524 e. The van der Waals surface area contributed by atoms with Crippen LogP contribution in [0.25, 0.3) is 0 Å². The minimum Gasteiger partial charge on any atom is -0.381 e. The molecule has 1 radical (unpaired) electrons. The van der Waals surface area contributed by atoms with Crippen molar-refractivity contribution in [2.75, 3.05) is 26.3 Å².